The van der Waals surface area contributed by atoms with E-state index >= 15 is 0 Å². The van der Waals surface area contributed by atoms with E-state index in [1.807, 2.05) is 0 Å². The van der Waals surface area contributed by atoms with Gasteiger partial charge in [-0.3, -0.25) is 15.5 Å². The molecule has 0 unspecified atom stereocenters. The van der Waals surface area contributed by atoms with Crippen LogP contribution < -0.4 is 14.9 Å². The van der Waals surface area contributed by atoms with Crippen LogP contribution in [0.3, 0.4) is 0 Å². The molecule has 2 aromatic rings. The quantitative estimate of drug-likeness (QED) is 0.482. The van der Waals surface area contributed by atoms with Gasteiger partial charge < -0.3 is 14.6 Å². The van der Waals surface area contributed by atoms with Gasteiger partial charge in [-0.25, -0.2) is 0 Å². The summed E-state index contributed by atoms with van der Waals surface area (Å²) in [6.07, 6.45) is 1.39. The zero-order valence-electron chi connectivity index (χ0n) is 12.5. The number of anilines is 1. The number of hydrogen-bond acceptors (Lipinski definition) is 7. The lowest BCUT2D eigenvalue weighted by Crippen LogP contribution is -1.96. The second-order valence-electron chi connectivity index (χ2n) is 4.45. The summed E-state index contributed by atoms with van der Waals surface area (Å²) in [6, 6.07) is 9.74. The molecule has 8 heteroatoms. The first kappa shape index (κ1) is 16.1. The lowest BCUT2D eigenvalue weighted by molar-refractivity contribution is -0.386. The topological polar surface area (TPSA) is 106 Å². The van der Waals surface area contributed by atoms with E-state index in [-0.39, 0.29) is 5.75 Å². The van der Waals surface area contributed by atoms with Crippen LogP contribution in [0.25, 0.3) is 0 Å². The Morgan fingerprint density at radius 3 is 2.48 bits per heavy atom. The van der Waals surface area contributed by atoms with Crippen LogP contribution in [0.5, 0.6) is 17.2 Å². The summed E-state index contributed by atoms with van der Waals surface area (Å²) in [4.78, 5) is 10.2. The highest BCUT2D eigenvalue weighted by Crippen LogP contribution is 2.36. The van der Waals surface area contributed by atoms with E-state index in [9.17, 15) is 15.2 Å². The minimum Gasteiger partial charge on any atom is -0.500 e. The van der Waals surface area contributed by atoms with Gasteiger partial charge in [-0.1, -0.05) is 0 Å². The molecule has 0 saturated carbocycles. The number of rotatable bonds is 6. The Hall–Kier alpha value is -3.29. The number of hydrazone groups is 1. The third-order valence-corrected chi connectivity index (χ3v) is 2.99. The van der Waals surface area contributed by atoms with Crippen LogP contribution in [0.2, 0.25) is 0 Å². The number of aromatic hydroxyl groups is 1. The minimum absolute atomic E-state index is 0.00472. The van der Waals surface area contributed by atoms with Crippen LogP contribution in [-0.4, -0.2) is 30.5 Å². The number of nitro groups is 1. The molecular formula is C15H15N3O5. The Morgan fingerprint density at radius 2 is 1.91 bits per heavy atom. The average molecular weight is 317 g/mol. The molecule has 0 atom stereocenters. The standard InChI is InChI=1S/C15H15N3O5/c1-22-12-5-3-11(4-6-12)17-16-9-10-7-13(18(20)21)15(19)14(8-10)23-2/h3-9,17,19H,1-2H3/b16-9+. The predicted molar refractivity (Wildman–Crippen MR) is 85.5 cm³/mol. The highest BCUT2D eigenvalue weighted by Gasteiger charge is 2.19. The lowest BCUT2D eigenvalue weighted by Gasteiger charge is -2.05. The fraction of sp³-hybridized carbons (Fsp3) is 0.133. The summed E-state index contributed by atoms with van der Waals surface area (Å²) in [5, 5.41) is 24.6. The molecule has 2 rings (SSSR count). The monoisotopic (exact) mass is 317 g/mol. The minimum atomic E-state index is -0.688. The van der Waals surface area contributed by atoms with E-state index in [2.05, 4.69) is 10.5 Å². The summed E-state index contributed by atoms with van der Waals surface area (Å²) in [5.74, 6) is 0.210. The van der Waals surface area contributed by atoms with Crippen molar-refractivity contribution in [2.45, 2.75) is 0 Å². The Bertz CT molecular complexity index is 729. The summed E-state index contributed by atoms with van der Waals surface area (Å²) in [7, 11) is 2.89. The average Bonchev–Trinajstić information content (AvgIpc) is 2.56. The normalized spacial score (nSPS) is 10.5. The van der Waals surface area contributed by atoms with Crippen molar-refractivity contribution in [3.05, 3.63) is 52.1 Å². The number of nitrogens with one attached hydrogen (secondary N) is 1. The number of ether oxygens (including phenoxy) is 2. The molecule has 0 spiro atoms. The molecule has 0 heterocycles. The number of methoxy groups -OCH3 is 2. The van der Waals surface area contributed by atoms with Crippen LogP contribution in [0.15, 0.2) is 41.5 Å². The smallest absolute Gasteiger partial charge is 0.315 e. The number of phenolic OH excluding ortho intramolecular Hbond substituents is 1. The third-order valence-electron chi connectivity index (χ3n) is 2.99. The van der Waals surface area contributed by atoms with Crippen LogP contribution in [0, 0.1) is 10.1 Å². The van der Waals surface area contributed by atoms with Gasteiger partial charge in [0.25, 0.3) is 0 Å². The first-order valence-electron chi connectivity index (χ1n) is 6.53. The second kappa shape index (κ2) is 7.12. The van der Waals surface area contributed by atoms with E-state index < -0.39 is 16.4 Å². The van der Waals surface area contributed by atoms with Gasteiger partial charge >= 0.3 is 5.69 Å². The number of nitrogens with zero attached hydrogens (tertiary/aromatic N) is 2. The van der Waals surface area contributed by atoms with E-state index in [1.165, 1.54) is 25.5 Å². The summed E-state index contributed by atoms with van der Waals surface area (Å²) in [6.45, 7) is 0. The maximum atomic E-state index is 10.9. The van der Waals surface area contributed by atoms with E-state index in [0.717, 1.165) is 11.4 Å². The molecule has 0 saturated heterocycles. The van der Waals surface area contributed by atoms with Crippen molar-refractivity contribution in [1.82, 2.24) is 0 Å². The Balaban J connectivity index is 2.18. The van der Waals surface area contributed by atoms with Crippen molar-refractivity contribution >= 4 is 17.6 Å². The largest absolute Gasteiger partial charge is 0.500 e. The Labute approximate surface area is 132 Å². The highest BCUT2D eigenvalue weighted by molar-refractivity contribution is 5.83. The molecule has 23 heavy (non-hydrogen) atoms. The fourth-order valence-corrected chi connectivity index (χ4v) is 1.83. The molecule has 0 aliphatic heterocycles. The van der Waals surface area contributed by atoms with Gasteiger partial charge in [-0.2, -0.15) is 5.10 Å². The van der Waals surface area contributed by atoms with Crippen molar-refractivity contribution in [1.29, 1.82) is 0 Å². The van der Waals surface area contributed by atoms with Crippen molar-refractivity contribution in [3.8, 4) is 17.2 Å². The van der Waals surface area contributed by atoms with Gasteiger partial charge in [-0.15, -0.1) is 0 Å². The molecule has 0 fully saturated rings. The molecule has 8 nitrogen and oxygen atoms in total. The maximum Gasteiger partial charge on any atom is 0.315 e. The summed E-state index contributed by atoms with van der Waals surface area (Å²) >= 11 is 0. The number of benzene rings is 2. The van der Waals surface area contributed by atoms with Gasteiger partial charge in [-0.05, 0) is 30.3 Å². The second-order valence-corrected chi connectivity index (χ2v) is 4.45. The van der Waals surface area contributed by atoms with E-state index in [4.69, 9.17) is 9.47 Å². The molecule has 0 amide bonds. The summed E-state index contributed by atoms with van der Waals surface area (Å²) < 4.78 is 9.96. The van der Waals surface area contributed by atoms with Crippen molar-refractivity contribution in [2.24, 2.45) is 5.10 Å². The molecule has 0 aliphatic carbocycles. The molecule has 0 aliphatic rings. The molecule has 0 aromatic heterocycles. The zero-order chi connectivity index (χ0) is 16.8. The molecular weight excluding hydrogens is 302 g/mol. The first-order chi connectivity index (χ1) is 11.0. The third kappa shape index (κ3) is 3.88. The molecule has 2 N–H and O–H groups in total. The molecule has 0 radical (unpaired) electrons. The number of phenols is 1. The van der Waals surface area contributed by atoms with Gasteiger partial charge in [0.05, 0.1) is 31.0 Å². The fourth-order valence-electron chi connectivity index (χ4n) is 1.83. The maximum absolute atomic E-state index is 10.9. The van der Waals surface area contributed by atoms with Gasteiger partial charge in [0.2, 0.25) is 5.75 Å². The SMILES string of the molecule is COc1ccc(N/N=C/c2cc(OC)c(O)c([N+](=O)[O-])c2)cc1. The van der Waals surface area contributed by atoms with Crippen molar-refractivity contribution < 1.29 is 19.5 Å². The Kier molecular flexibility index (Phi) is 4.98. The van der Waals surface area contributed by atoms with Crippen LogP contribution in [0.4, 0.5) is 11.4 Å². The van der Waals surface area contributed by atoms with Gasteiger partial charge in [0.15, 0.2) is 5.75 Å². The van der Waals surface area contributed by atoms with Crippen molar-refractivity contribution in [3.63, 3.8) is 0 Å². The molecule has 2 aromatic carbocycles. The van der Waals surface area contributed by atoms with E-state index in [1.54, 1.807) is 31.4 Å². The van der Waals surface area contributed by atoms with Crippen LogP contribution >= 0.6 is 0 Å². The highest BCUT2D eigenvalue weighted by atomic mass is 16.6. The van der Waals surface area contributed by atoms with Crippen molar-refractivity contribution in [2.75, 3.05) is 19.6 Å². The van der Waals surface area contributed by atoms with Crippen LogP contribution in [0.1, 0.15) is 5.56 Å². The molecule has 120 valence electrons. The summed E-state index contributed by atoms with van der Waals surface area (Å²) in [5.41, 5.74) is 3.47. The van der Waals surface area contributed by atoms with Crippen LogP contribution in [-0.2, 0) is 0 Å². The zero-order valence-corrected chi connectivity index (χ0v) is 12.5. The Morgan fingerprint density at radius 1 is 1.22 bits per heavy atom. The molecule has 0 bridgehead atoms. The van der Waals surface area contributed by atoms with E-state index in [0.29, 0.717) is 5.56 Å². The lowest BCUT2D eigenvalue weighted by atomic mass is 10.2. The van der Waals surface area contributed by atoms with Gasteiger partial charge in [0.1, 0.15) is 5.75 Å². The number of hydrogen-bond donors (Lipinski definition) is 2. The predicted octanol–water partition coefficient (Wildman–Crippen LogP) is 2.76. The van der Waals surface area contributed by atoms with Gasteiger partial charge in [0, 0.05) is 11.6 Å². The number of nitro benzene ring substituents is 1. The first-order valence-corrected chi connectivity index (χ1v) is 6.53.